The SMILES string of the molecule is CCC/C=C\C/C=C\CCCCCCCC(=O)OCC(COP(=O)(O)OCC(O)CO)OC(=O)CCCCCCCCCCC/C=C\C/C=C\CCCCCCC. The number of carbonyl (C=O) groups is 2. The Hall–Kier alpha value is -2.07. The largest absolute Gasteiger partial charge is 0.472 e. The van der Waals surface area contributed by atoms with Crippen LogP contribution < -0.4 is 0 Å². The molecule has 0 aliphatic carbocycles. The molecule has 332 valence electrons. The molecule has 0 aliphatic heterocycles. The maximum absolute atomic E-state index is 12.6. The van der Waals surface area contributed by atoms with E-state index in [0.717, 1.165) is 77.0 Å². The third kappa shape index (κ3) is 41.9. The van der Waals surface area contributed by atoms with Crippen molar-refractivity contribution in [1.82, 2.24) is 0 Å². The van der Waals surface area contributed by atoms with Crippen LogP contribution in [0.15, 0.2) is 48.6 Å². The number of unbranched alkanes of at least 4 members (excludes halogenated alkanes) is 20. The molecule has 0 radical (unpaired) electrons. The summed E-state index contributed by atoms with van der Waals surface area (Å²) in [6, 6.07) is 0. The first kappa shape index (κ1) is 54.9. The minimum Gasteiger partial charge on any atom is -0.462 e. The molecule has 0 saturated carbocycles. The van der Waals surface area contributed by atoms with Crippen molar-refractivity contribution in [3.8, 4) is 0 Å². The van der Waals surface area contributed by atoms with Gasteiger partial charge in [-0.3, -0.25) is 18.6 Å². The van der Waals surface area contributed by atoms with Gasteiger partial charge in [0.25, 0.3) is 0 Å². The van der Waals surface area contributed by atoms with Gasteiger partial charge in [-0.25, -0.2) is 4.57 Å². The molecule has 57 heavy (non-hydrogen) atoms. The highest BCUT2D eigenvalue weighted by Gasteiger charge is 2.27. The Labute approximate surface area is 347 Å². The monoisotopic (exact) mass is 827 g/mol. The number of phosphoric acid groups is 1. The number of ether oxygens (including phenoxy) is 2. The maximum atomic E-state index is 12.6. The molecule has 0 aromatic rings. The summed E-state index contributed by atoms with van der Waals surface area (Å²) in [7, 11) is -4.62. The van der Waals surface area contributed by atoms with E-state index in [2.05, 4.69) is 62.5 Å². The van der Waals surface area contributed by atoms with Gasteiger partial charge in [-0.1, -0.05) is 159 Å². The summed E-state index contributed by atoms with van der Waals surface area (Å²) in [4.78, 5) is 35.0. The summed E-state index contributed by atoms with van der Waals surface area (Å²) < 4.78 is 32.7. The highest BCUT2D eigenvalue weighted by molar-refractivity contribution is 7.47. The quantitative estimate of drug-likeness (QED) is 0.0235. The third-order valence-electron chi connectivity index (χ3n) is 9.44. The van der Waals surface area contributed by atoms with E-state index in [1.165, 1.54) is 77.0 Å². The Morgan fingerprint density at radius 1 is 0.526 bits per heavy atom. The number of allylic oxidation sites excluding steroid dienone is 8. The molecule has 0 saturated heterocycles. The fourth-order valence-electron chi connectivity index (χ4n) is 5.94. The lowest BCUT2D eigenvalue weighted by Gasteiger charge is -2.20. The minimum atomic E-state index is -4.62. The van der Waals surface area contributed by atoms with Gasteiger partial charge in [0.1, 0.15) is 12.7 Å². The van der Waals surface area contributed by atoms with Crippen molar-refractivity contribution in [3.05, 3.63) is 48.6 Å². The lowest BCUT2D eigenvalue weighted by atomic mass is 10.1. The summed E-state index contributed by atoms with van der Waals surface area (Å²) in [5.74, 6) is -0.946. The summed E-state index contributed by atoms with van der Waals surface area (Å²) in [6.45, 7) is 2.29. The molecule has 0 aliphatic rings. The van der Waals surface area contributed by atoms with Crippen molar-refractivity contribution in [2.24, 2.45) is 0 Å². The van der Waals surface area contributed by atoms with E-state index in [1.54, 1.807) is 0 Å². The normalized spacial score (nSPS) is 14.3. The van der Waals surface area contributed by atoms with Crippen molar-refractivity contribution in [2.45, 2.75) is 206 Å². The van der Waals surface area contributed by atoms with Gasteiger partial charge in [-0.2, -0.15) is 0 Å². The van der Waals surface area contributed by atoms with Gasteiger partial charge in [0, 0.05) is 12.8 Å². The average Bonchev–Trinajstić information content (AvgIpc) is 3.20. The van der Waals surface area contributed by atoms with Crippen molar-refractivity contribution >= 4 is 19.8 Å². The van der Waals surface area contributed by atoms with Gasteiger partial charge in [0.05, 0.1) is 19.8 Å². The second-order valence-corrected chi connectivity index (χ2v) is 16.5. The van der Waals surface area contributed by atoms with Crippen LogP contribution in [0.1, 0.15) is 194 Å². The highest BCUT2D eigenvalue weighted by atomic mass is 31.2. The van der Waals surface area contributed by atoms with Crippen molar-refractivity contribution in [2.75, 3.05) is 26.4 Å². The van der Waals surface area contributed by atoms with E-state index in [0.29, 0.717) is 12.8 Å². The summed E-state index contributed by atoms with van der Waals surface area (Å²) >= 11 is 0. The average molecular weight is 827 g/mol. The molecule has 0 amide bonds. The maximum Gasteiger partial charge on any atom is 0.472 e. The van der Waals surface area contributed by atoms with Crippen molar-refractivity contribution in [1.29, 1.82) is 0 Å². The lowest BCUT2D eigenvalue weighted by molar-refractivity contribution is -0.161. The second-order valence-electron chi connectivity index (χ2n) is 15.1. The Balaban J connectivity index is 4.26. The number of aliphatic hydroxyl groups excluding tert-OH is 2. The first-order valence-corrected chi connectivity index (χ1v) is 24.1. The summed E-state index contributed by atoms with van der Waals surface area (Å²) in [5, 5.41) is 18.3. The minimum absolute atomic E-state index is 0.175. The number of hydrogen-bond acceptors (Lipinski definition) is 9. The van der Waals surface area contributed by atoms with Crippen LogP contribution in [-0.4, -0.2) is 65.7 Å². The van der Waals surface area contributed by atoms with Crippen LogP contribution in [0.25, 0.3) is 0 Å². The molecule has 3 unspecified atom stereocenters. The van der Waals surface area contributed by atoms with Gasteiger partial charge < -0.3 is 24.6 Å². The Bertz CT molecular complexity index is 1090. The fourth-order valence-corrected chi connectivity index (χ4v) is 6.73. The lowest BCUT2D eigenvalue weighted by Crippen LogP contribution is -2.29. The molecule has 11 heteroatoms. The molecule has 0 aromatic carbocycles. The number of phosphoric ester groups is 1. The van der Waals surface area contributed by atoms with Crippen LogP contribution in [0.5, 0.6) is 0 Å². The number of hydrogen-bond donors (Lipinski definition) is 3. The van der Waals surface area contributed by atoms with Crippen LogP contribution in [0.4, 0.5) is 0 Å². The van der Waals surface area contributed by atoms with Crippen LogP contribution in [0, 0.1) is 0 Å². The van der Waals surface area contributed by atoms with Crippen molar-refractivity contribution in [3.63, 3.8) is 0 Å². The Morgan fingerprint density at radius 3 is 1.42 bits per heavy atom. The van der Waals surface area contributed by atoms with E-state index in [9.17, 15) is 24.2 Å². The van der Waals surface area contributed by atoms with E-state index in [-0.39, 0.29) is 19.4 Å². The van der Waals surface area contributed by atoms with E-state index >= 15 is 0 Å². The molecule has 0 spiro atoms. The van der Waals surface area contributed by atoms with E-state index in [4.69, 9.17) is 23.6 Å². The van der Waals surface area contributed by atoms with Gasteiger partial charge in [-0.15, -0.1) is 0 Å². The molecular formula is C46H83O10P. The molecule has 3 N–H and O–H groups in total. The molecule has 0 rings (SSSR count). The molecular weight excluding hydrogens is 743 g/mol. The standard InChI is InChI=1S/C46H83O10P/c1-3-5-7-9-11-13-15-17-18-19-20-21-22-23-24-26-28-30-32-34-36-38-46(50)56-44(42-55-57(51,52)54-40-43(48)39-47)41-53-45(49)37-35-33-31-29-27-25-16-14-12-10-8-6-4-2/h8,10,14-17,19-20,43-44,47-48H,3-7,9,11-13,18,21-42H2,1-2H3,(H,51,52)/b10-8-,16-14-,17-15-,20-19-. The van der Waals surface area contributed by atoms with Crippen LogP contribution in [0.3, 0.4) is 0 Å². The first-order valence-electron chi connectivity index (χ1n) is 22.6. The number of aliphatic hydroxyl groups is 2. The third-order valence-corrected chi connectivity index (χ3v) is 10.4. The highest BCUT2D eigenvalue weighted by Crippen LogP contribution is 2.43. The van der Waals surface area contributed by atoms with Crippen molar-refractivity contribution < 1.29 is 47.8 Å². The van der Waals surface area contributed by atoms with Gasteiger partial charge in [0.2, 0.25) is 0 Å². The number of carbonyl (C=O) groups excluding carboxylic acids is 2. The summed E-state index contributed by atoms with van der Waals surface area (Å²) in [6.07, 6.45) is 45.0. The molecule has 0 fully saturated rings. The predicted octanol–water partition coefficient (Wildman–Crippen LogP) is 12.1. The smallest absolute Gasteiger partial charge is 0.462 e. The molecule has 10 nitrogen and oxygen atoms in total. The fraction of sp³-hybridized carbons (Fsp3) is 0.783. The topological polar surface area (TPSA) is 149 Å². The van der Waals surface area contributed by atoms with Crippen LogP contribution in [0.2, 0.25) is 0 Å². The van der Waals surface area contributed by atoms with E-state index in [1.807, 2.05) is 0 Å². The predicted molar refractivity (Wildman–Crippen MR) is 233 cm³/mol. The van der Waals surface area contributed by atoms with Crippen LogP contribution >= 0.6 is 7.82 Å². The number of rotatable bonds is 42. The second kappa shape index (κ2) is 42.1. The molecule has 0 heterocycles. The van der Waals surface area contributed by atoms with Crippen LogP contribution in [-0.2, 0) is 32.7 Å². The Morgan fingerprint density at radius 2 is 0.947 bits per heavy atom. The summed E-state index contributed by atoms with van der Waals surface area (Å²) in [5.41, 5.74) is 0. The first-order chi connectivity index (χ1) is 27.7. The molecule has 0 aromatic heterocycles. The molecule has 0 bridgehead atoms. The zero-order valence-electron chi connectivity index (χ0n) is 36.0. The zero-order chi connectivity index (χ0) is 41.9. The number of esters is 2. The van der Waals surface area contributed by atoms with Gasteiger partial charge >= 0.3 is 19.8 Å². The van der Waals surface area contributed by atoms with Gasteiger partial charge in [0.15, 0.2) is 6.10 Å². The zero-order valence-corrected chi connectivity index (χ0v) is 36.9. The Kier molecular flexibility index (Phi) is 40.5. The molecule has 3 atom stereocenters. The van der Waals surface area contributed by atoms with E-state index < -0.39 is 51.8 Å². The van der Waals surface area contributed by atoms with Gasteiger partial charge in [-0.05, 0) is 70.6 Å².